The molecule has 1 aliphatic heterocycles. The number of aliphatic hydroxyl groups is 1. The fourth-order valence-corrected chi connectivity index (χ4v) is 4.17. The number of hydrogen-bond donors (Lipinski definition) is 2. The SMILES string of the molecule is CCOC(=O)C1CCC(O)(CNC2CCSCC2)CC1. The predicted octanol–water partition coefficient (Wildman–Crippen LogP) is 1.96. The molecule has 2 rings (SSSR count). The molecule has 2 fully saturated rings. The van der Waals surface area contributed by atoms with Crippen LogP contribution in [0, 0.1) is 5.92 Å². The Morgan fingerprint density at radius 3 is 2.55 bits per heavy atom. The molecule has 1 saturated heterocycles. The van der Waals surface area contributed by atoms with Gasteiger partial charge in [0.15, 0.2) is 0 Å². The molecule has 0 aromatic rings. The van der Waals surface area contributed by atoms with Crippen LogP contribution in [0.2, 0.25) is 0 Å². The Labute approximate surface area is 126 Å². The summed E-state index contributed by atoms with van der Waals surface area (Å²) in [6.45, 7) is 2.95. The van der Waals surface area contributed by atoms with Gasteiger partial charge in [0.25, 0.3) is 0 Å². The molecule has 0 unspecified atom stereocenters. The molecule has 0 amide bonds. The molecule has 20 heavy (non-hydrogen) atoms. The largest absolute Gasteiger partial charge is 0.466 e. The van der Waals surface area contributed by atoms with Crippen LogP contribution >= 0.6 is 11.8 Å². The first-order chi connectivity index (χ1) is 9.63. The molecule has 2 N–H and O–H groups in total. The highest BCUT2D eigenvalue weighted by Gasteiger charge is 2.36. The van der Waals surface area contributed by atoms with Gasteiger partial charge in [-0.15, -0.1) is 0 Å². The van der Waals surface area contributed by atoms with Crippen LogP contribution in [0.4, 0.5) is 0 Å². The zero-order valence-corrected chi connectivity index (χ0v) is 13.2. The third kappa shape index (κ3) is 4.64. The predicted molar refractivity (Wildman–Crippen MR) is 81.9 cm³/mol. The standard InChI is InChI=1S/C15H27NO3S/c1-2-19-14(17)12-3-7-15(18,8-4-12)11-16-13-5-9-20-10-6-13/h12-13,16,18H,2-11H2,1H3. The highest BCUT2D eigenvalue weighted by Crippen LogP contribution is 2.32. The summed E-state index contributed by atoms with van der Waals surface area (Å²) in [7, 11) is 0. The van der Waals surface area contributed by atoms with Gasteiger partial charge in [-0.2, -0.15) is 11.8 Å². The molecule has 5 heteroatoms. The van der Waals surface area contributed by atoms with Crippen LogP contribution in [-0.4, -0.2) is 47.4 Å². The second-order valence-electron chi connectivity index (χ2n) is 6.02. The van der Waals surface area contributed by atoms with Gasteiger partial charge in [0.1, 0.15) is 0 Å². The van der Waals surface area contributed by atoms with Crippen molar-refractivity contribution in [2.45, 2.75) is 57.1 Å². The van der Waals surface area contributed by atoms with Crippen molar-refractivity contribution in [2.24, 2.45) is 5.92 Å². The summed E-state index contributed by atoms with van der Waals surface area (Å²) in [6.07, 6.45) is 5.30. The average Bonchev–Trinajstić information content (AvgIpc) is 2.47. The Morgan fingerprint density at radius 1 is 1.30 bits per heavy atom. The van der Waals surface area contributed by atoms with Gasteiger partial charge in [-0.05, 0) is 57.0 Å². The topological polar surface area (TPSA) is 58.6 Å². The van der Waals surface area contributed by atoms with Crippen LogP contribution in [0.3, 0.4) is 0 Å². The van der Waals surface area contributed by atoms with Crippen LogP contribution in [0.25, 0.3) is 0 Å². The number of carbonyl (C=O) groups is 1. The number of carbonyl (C=O) groups excluding carboxylic acids is 1. The lowest BCUT2D eigenvalue weighted by molar-refractivity contribution is -0.151. The Bertz CT molecular complexity index is 310. The third-order valence-corrected chi connectivity index (χ3v) is 5.53. The summed E-state index contributed by atoms with van der Waals surface area (Å²) in [4.78, 5) is 11.7. The maximum absolute atomic E-state index is 11.7. The summed E-state index contributed by atoms with van der Waals surface area (Å²) in [5.41, 5.74) is -0.631. The van der Waals surface area contributed by atoms with E-state index in [-0.39, 0.29) is 11.9 Å². The monoisotopic (exact) mass is 301 g/mol. The van der Waals surface area contributed by atoms with Gasteiger partial charge in [0.2, 0.25) is 0 Å². The first-order valence-corrected chi connectivity index (χ1v) is 8.98. The van der Waals surface area contributed by atoms with Gasteiger partial charge in [0, 0.05) is 12.6 Å². The van der Waals surface area contributed by atoms with Gasteiger partial charge in [0.05, 0.1) is 18.1 Å². The van der Waals surface area contributed by atoms with Crippen molar-refractivity contribution in [3.63, 3.8) is 0 Å². The van der Waals surface area contributed by atoms with Crippen LogP contribution in [0.15, 0.2) is 0 Å². The molecule has 0 aromatic carbocycles. The van der Waals surface area contributed by atoms with E-state index in [2.05, 4.69) is 5.32 Å². The molecule has 2 aliphatic rings. The smallest absolute Gasteiger partial charge is 0.308 e. The zero-order valence-electron chi connectivity index (χ0n) is 12.4. The van der Waals surface area contributed by atoms with Crippen molar-refractivity contribution >= 4 is 17.7 Å². The van der Waals surface area contributed by atoms with Crippen molar-refractivity contribution in [1.29, 1.82) is 0 Å². The molecule has 0 bridgehead atoms. The molecule has 0 atom stereocenters. The van der Waals surface area contributed by atoms with E-state index >= 15 is 0 Å². The number of rotatable bonds is 5. The summed E-state index contributed by atoms with van der Waals surface area (Å²) in [5.74, 6) is 2.34. The number of ether oxygens (including phenoxy) is 1. The van der Waals surface area contributed by atoms with E-state index in [1.165, 1.54) is 24.3 Å². The lowest BCUT2D eigenvalue weighted by atomic mass is 9.78. The van der Waals surface area contributed by atoms with E-state index in [0.29, 0.717) is 32.0 Å². The highest BCUT2D eigenvalue weighted by molar-refractivity contribution is 7.99. The maximum atomic E-state index is 11.7. The van der Waals surface area contributed by atoms with E-state index in [1.54, 1.807) is 0 Å². The summed E-state index contributed by atoms with van der Waals surface area (Å²) in [5, 5.41) is 14.1. The fraction of sp³-hybridized carbons (Fsp3) is 0.933. The van der Waals surface area contributed by atoms with Crippen LogP contribution in [0.1, 0.15) is 45.4 Å². The van der Waals surface area contributed by atoms with Crippen LogP contribution in [-0.2, 0) is 9.53 Å². The number of hydrogen-bond acceptors (Lipinski definition) is 5. The van der Waals surface area contributed by atoms with Gasteiger partial charge in [-0.25, -0.2) is 0 Å². The second kappa shape index (κ2) is 7.66. The Balaban J connectivity index is 1.71. The molecular weight excluding hydrogens is 274 g/mol. The minimum Gasteiger partial charge on any atom is -0.466 e. The van der Waals surface area contributed by atoms with E-state index in [0.717, 1.165) is 12.8 Å². The lowest BCUT2D eigenvalue weighted by Crippen LogP contribution is -2.48. The molecule has 0 aromatic heterocycles. The average molecular weight is 301 g/mol. The van der Waals surface area contributed by atoms with E-state index in [1.807, 2.05) is 18.7 Å². The first-order valence-electron chi connectivity index (χ1n) is 7.83. The van der Waals surface area contributed by atoms with Crippen molar-refractivity contribution in [2.75, 3.05) is 24.7 Å². The van der Waals surface area contributed by atoms with E-state index < -0.39 is 5.60 Å². The van der Waals surface area contributed by atoms with E-state index in [4.69, 9.17) is 4.74 Å². The number of thioether (sulfide) groups is 1. The van der Waals surface area contributed by atoms with Crippen LogP contribution in [0.5, 0.6) is 0 Å². The van der Waals surface area contributed by atoms with Crippen molar-refractivity contribution in [3.8, 4) is 0 Å². The fourth-order valence-electron chi connectivity index (χ4n) is 3.06. The van der Waals surface area contributed by atoms with Gasteiger partial charge >= 0.3 is 5.97 Å². The lowest BCUT2D eigenvalue weighted by Gasteiger charge is -2.37. The molecule has 1 saturated carbocycles. The zero-order chi connectivity index (χ0) is 14.4. The quantitative estimate of drug-likeness (QED) is 0.760. The second-order valence-corrected chi connectivity index (χ2v) is 7.24. The van der Waals surface area contributed by atoms with E-state index in [9.17, 15) is 9.90 Å². The number of esters is 1. The Morgan fingerprint density at radius 2 is 1.95 bits per heavy atom. The summed E-state index contributed by atoms with van der Waals surface area (Å²) < 4.78 is 5.07. The van der Waals surface area contributed by atoms with Gasteiger partial charge in [-0.1, -0.05) is 0 Å². The Hall–Kier alpha value is -0.260. The molecule has 1 aliphatic carbocycles. The van der Waals surface area contributed by atoms with Crippen molar-refractivity contribution < 1.29 is 14.6 Å². The van der Waals surface area contributed by atoms with Crippen LogP contribution < -0.4 is 5.32 Å². The molecule has 116 valence electrons. The molecule has 0 spiro atoms. The molecular formula is C15H27NO3S. The highest BCUT2D eigenvalue weighted by atomic mass is 32.2. The minimum absolute atomic E-state index is 0.0127. The normalized spacial score (nSPS) is 32.0. The summed E-state index contributed by atoms with van der Waals surface area (Å²) >= 11 is 2.01. The first kappa shape index (κ1) is 16.1. The molecule has 1 heterocycles. The summed E-state index contributed by atoms with van der Waals surface area (Å²) in [6, 6.07) is 0.558. The van der Waals surface area contributed by atoms with Gasteiger partial charge in [-0.3, -0.25) is 4.79 Å². The van der Waals surface area contributed by atoms with Crippen molar-refractivity contribution in [1.82, 2.24) is 5.32 Å². The van der Waals surface area contributed by atoms with Gasteiger partial charge < -0.3 is 15.2 Å². The maximum Gasteiger partial charge on any atom is 0.308 e. The van der Waals surface area contributed by atoms with Crippen molar-refractivity contribution in [3.05, 3.63) is 0 Å². The molecule has 0 radical (unpaired) electrons. The molecule has 4 nitrogen and oxygen atoms in total. The minimum atomic E-state index is -0.631. The number of nitrogens with one attached hydrogen (secondary N) is 1. The third-order valence-electron chi connectivity index (χ3n) is 4.48. The Kier molecular flexibility index (Phi) is 6.18.